The average molecular weight is 1430 g/mol. The number of nitrogen functional groups attached to an aromatic ring is 3. The number of aromatic nitrogens is 9. The molecule has 516 valence electrons. The summed E-state index contributed by atoms with van der Waals surface area (Å²) in [5, 5.41) is 21.6. The molecule has 9 heterocycles. The van der Waals surface area contributed by atoms with Crippen molar-refractivity contribution in [2.75, 3.05) is 24.4 Å². The number of nitrogens with zero attached hydrogens (tertiary/aromatic N) is 9. The van der Waals surface area contributed by atoms with Gasteiger partial charge in [-0.3, -0.25) is 43.3 Å². The molecule has 2 amide bonds. The fourth-order valence-corrected chi connectivity index (χ4v) is 11.3. The number of carboxylic acid groups (broad SMARTS) is 1. The minimum Gasteiger partial charge on any atom is -0.478 e. The molecule has 0 spiro atoms. The largest absolute Gasteiger partial charge is 0.478 e. The fourth-order valence-electron chi connectivity index (χ4n) is 10.8. The van der Waals surface area contributed by atoms with Gasteiger partial charge in [0.2, 0.25) is 0 Å². The van der Waals surface area contributed by atoms with Gasteiger partial charge in [-0.05, 0) is 198 Å². The van der Waals surface area contributed by atoms with Gasteiger partial charge < -0.3 is 52.4 Å². The second-order valence-electron chi connectivity index (χ2n) is 22.8. The highest BCUT2D eigenvalue weighted by Gasteiger charge is 2.15. The molecule has 0 atom stereocenters. The molecule has 0 aliphatic carbocycles. The van der Waals surface area contributed by atoms with Crippen LogP contribution in [-0.2, 0) is 39.3 Å². The van der Waals surface area contributed by atoms with E-state index in [1.165, 1.54) is 29.0 Å². The van der Waals surface area contributed by atoms with E-state index in [2.05, 4.69) is 40.5 Å². The summed E-state index contributed by atoms with van der Waals surface area (Å²) in [7, 11) is -1.00. The summed E-state index contributed by atoms with van der Waals surface area (Å²) in [6, 6.07) is 35.6. The van der Waals surface area contributed by atoms with Crippen molar-refractivity contribution < 1.29 is 25.3 Å². The average Bonchev–Trinajstić information content (AvgIpc) is 0.817. The van der Waals surface area contributed by atoms with E-state index in [1.54, 1.807) is 131 Å². The van der Waals surface area contributed by atoms with Crippen LogP contribution in [0.3, 0.4) is 0 Å². The van der Waals surface area contributed by atoms with Gasteiger partial charge in [-0.1, -0.05) is 53.0 Å². The van der Waals surface area contributed by atoms with Crippen LogP contribution < -0.4 is 50.2 Å². The summed E-state index contributed by atoms with van der Waals surface area (Å²) in [4.78, 5) is 98.9. The zero-order valence-electron chi connectivity index (χ0n) is 56.2. The third kappa shape index (κ3) is 20.3. The quantitative estimate of drug-likeness (QED) is 0.0532. The van der Waals surface area contributed by atoms with E-state index in [4.69, 9.17) is 64.2 Å². The first-order valence-electron chi connectivity index (χ1n) is 31.2. The SMILES string of the molecule is Cc1cc(N)nc(C)c1CN.Cc1cc(N)nc(C)c1CNC(=O)c1ccnc(Cn2cc3cc(Cl)ccc3cc2=O)c1.Cc1cc(N)nc(C)c1CNC(=O)c1ccnc(Cn2cc3cc(Cl)ccc3cc2=O)c1.Cl.O=C(O)c1ccnc(Cn2cc3cc(Cl)ccc3cc2=O)c1.[2H]CF. The lowest BCUT2D eigenvalue weighted by atomic mass is 10.1. The Morgan fingerprint density at radius 3 is 1.07 bits per heavy atom. The van der Waals surface area contributed by atoms with Gasteiger partial charge in [-0.25, -0.2) is 19.7 Å². The van der Waals surface area contributed by atoms with Crippen molar-refractivity contribution in [1.82, 2.24) is 54.2 Å². The highest BCUT2D eigenvalue weighted by atomic mass is 35.5. The molecule has 0 bridgehead atoms. The lowest BCUT2D eigenvalue weighted by Gasteiger charge is -2.12. The number of rotatable bonds is 14. The van der Waals surface area contributed by atoms with Gasteiger partial charge in [0.1, 0.15) is 17.5 Å². The maximum atomic E-state index is 12.7. The van der Waals surface area contributed by atoms with Crippen LogP contribution >= 0.6 is 47.2 Å². The Kier molecular flexibility index (Phi) is 26.2. The Labute approximate surface area is 596 Å². The maximum Gasteiger partial charge on any atom is 0.335 e. The van der Waals surface area contributed by atoms with Crippen molar-refractivity contribution in [3.05, 3.63) is 295 Å². The number of alkyl halides is 1. The van der Waals surface area contributed by atoms with E-state index < -0.39 is 13.1 Å². The summed E-state index contributed by atoms with van der Waals surface area (Å²) in [5.74, 6) is -0.0116. The van der Waals surface area contributed by atoms with Crippen LogP contribution in [0.25, 0.3) is 32.3 Å². The molecule has 0 aliphatic heterocycles. The number of pyridine rings is 9. The number of aromatic carboxylic acids is 1. The van der Waals surface area contributed by atoms with Gasteiger partial charge >= 0.3 is 5.97 Å². The normalized spacial score (nSPS) is 10.7. The highest BCUT2D eigenvalue weighted by Crippen LogP contribution is 2.23. The van der Waals surface area contributed by atoms with Gasteiger partial charge in [-0.2, -0.15) is 0 Å². The van der Waals surface area contributed by atoms with E-state index in [1.807, 2.05) is 59.7 Å². The molecule has 100 heavy (non-hydrogen) atoms. The number of hydrogen-bond acceptors (Lipinski definition) is 16. The summed E-state index contributed by atoms with van der Waals surface area (Å²) < 4.78 is 20.1. The molecule has 0 unspecified atom stereocenters. The number of hydrogen-bond donors (Lipinski definition) is 7. The number of nitrogens with one attached hydrogen (secondary N) is 2. The number of carbonyl (C=O) groups is 3. The third-order valence-corrected chi connectivity index (χ3v) is 16.4. The van der Waals surface area contributed by atoms with Crippen LogP contribution in [0.1, 0.15) is 100.0 Å². The summed E-state index contributed by atoms with van der Waals surface area (Å²) in [6.07, 6.45) is 9.73. The van der Waals surface area contributed by atoms with Crippen molar-refractivity contribution in [3.8, 4) is 0 Å². The van der Waals surface area contributed by atoms with Crippen molar-refractivity contribution >= 4 is 115 Å². The van der Waals surface area contributed by atoms with E-state index in [-0.39, 0.29) is 66.1 Å². The minimum absolute atomic E-state index is 0. The minimum atomic E-state index is -1.03. The van der Waals surface area contributed by atoms with E-state index in [9.17, 15) is 33.2 Å². The molecule has 0 aliphatic rings. The number of aryl methyl sites for hydroxylation is 6. The molecule has 9 aromatic heterocycles. The fraction of sp³-hybridized carbons (Fsp3) is 0.178. The monoisotopic (exact) mass is 1430 g/mol. The number of amides is 2. The predicted octanol–water partition coefficient (Wildman–Crippen LogP) is 11.8. The van der Waals surface area contributed by atoms with Gasteiger partial charge in [0.05, 0.1) is 50.8 Å². The lowest BCUT2D eigenvalue weighted by molar-refractivity contribution is 0.0695. The summed E-state index contributed by atoms with van der Waals surface area (Å²) >= 11 is 18.1. The van der Waals surface area contributed by atoms with E-state index in [0.717, 1.165) is 82.8 Å². The zero-order chi connectivity index (χ0) is 72.5. The van der Waals surface area contributed by atoms with Gasteiger partial charge in [-0.15, -0.1) is 12.4 Å². The van der Waals surface area contributed by atoms with Crippen LogP contribution in [-0.4, -0.2) is 73.6 Å². The molecule has 27 heteroatoms. The van der Waals surface area contributed by atoms with Gasteiger partial charge in [0.15, 0.2) is 0 Å². The Morgan fingerprint density at radius 2 is 0.770 bits per heavy atom. The highest BCUT2D eigenvalue weighted by molar-refractivity contribution is 6.32. The van der Waals surface area contributed by atoms with Crippen LogP contribution in [0.5, 0.6) is 0 Å². The number of fused-ring (bicyclic) bond motifs is 3. The number of carboxylic acids is 1. The smallest absolute Gasteiger partial charge is 0.335 e. The molecule has 12 rings (SSSR count). The molecule has 22 nitrogen and oxygen atoms in total. The van der Waals surface area contributed by atoms with Crippen molar-refractivity contribution in [2.24, 2.45) is 5.73 Å². The number of anilines is 3. The summed E-state index contributed by atoms with van der Waals surface area (Å²) in [5.41, 5.74) is 33.4. The van der Waals surface area contributed by atoms with E-state index >= 15 is 0 Å². The Bertz CT molecular complexity index is 4950. The number of nitrogens with two attached hydrogens (primary N) is 4. The molecule has 3 aromatic carbocycles. The van der Waals surface area contributed by atoms with Crippen LogP contribution in [0.4, 0.5) is 21.8 Å². The van der Waals surface area contributed by atoms with Crippen LogP contribution in [0, 0.1) is 41.5 Å². The Balaban J connectivity index is 0.000000195. The first kappa shape index (κ1) is 74.8. The summed E-state index contributed by atoms with van der Waals surface area (Å²) in [6.45, 7) is 13.4. The Morgan fingerprint density at radius 1 is 0.470 bits per heavy atom. The molecular formula is C73H72Cl4FN15O7. The molecule has 12 aromatic rings. The van der Waals surface area contributed by atoms with Gasteiger partial charge in [0, 0.05) is 118 Å². The molecule has 0 saturated carbocycles. The Hall–Kier alpha value is -11.0. The first-order chi connectivity index (χ1) is 47.7. The van der Waals surface area contributed by atoms with E-state index in [0.29, 0.717) is 80.4 Å². The molecular weight excluding hydrogens is 1360 g/mol. The molecule has 0 fully saturated rings. The molecule has 0 saturated heterocycles. The van der Waals surface area contributed by atoms with Crippen molar-refractivity contribution in [1.29, 1.82) is 0 Å². The first-order valence-corrected chi connectivity index (χ1v) is 31.6. The zero-order valence-corrected chi connectivity index (χ0v) is 58.3. The number of carbonyl (C=O) groups excluding carboxylic acids is 2. The third-order valence-electron chi connectivity index (χ3n) is 15.7. The number of halogens is 5. The topological polar surface area (TPSA) is 343 Å². The number of benzene rings is 3. The maximum absolute atomic E-state index is 12.7. The predicted molar refractivity (Wildman–Crippen MR) is 396 cm³/mol. The van der Waals surface area contributed by atoms with Crippen molar-refractivity contribution in [3.63, 3.8) is 0 Å². The van der Waals surface area contributed by atoms with Gasteiger partial charge in [0.25, 0.3) is 28.5 Å². The van der Waals surface area contributed by atoms with Crippen LogP contribution in [0.15, 0.2) is 179 Å². The lowest BCUT2D eigenvalue weighted by Crippen LogP contribution is -2.25. The van der Waals surface area contributed by atoms with Crippen molar-refractivity contribution in [2.45, 2.75) is 80.8 Å². The standard InChI is InChI=1S/2C24H22ClN5O2.C16H11ClN2O3.C8H13N3.CH3F.ClH/c2*1-14-7-22(26)29-15(2)21(14)11-28-24(32)17-5-6-27-20(9-17)13-30-12-18-8-19(25)4-3-16(18)10-23(30)31;17-13-2-1-10-7-15(20)19(8-12(10)5-13)9-14-6-11(16(21)22)3-4-18-14;1-5-3-8(10)11-6(2)7(5)4-9;1-2;/h2*3-10,12H,11,13H2,1-2H3,(H2,26,29)(H,28,32);1-8H,9H2,(H,21,22);3H,4,9H2,1-2H3,(H2,10,11);1H3;1H/i;;;;1D;. The second kappa shape index (κ2) is 35.0. The molecule has 11 N–H and O–H groups in total. The molecule has 0 radical (unpaired) electrons. The second-order valence-corrected chi connectivity index (χ2v) is 24.1. The van der Waals surface area contributed by atoms with Crippen LogP contribution in [0.2, 0.25) is 15.1 Å².